The van der Waals surface area contributed by atoms with Crippen molar-refractivity contribution in [1.29, 1.82) is 0 Å². The van der Waals surface area contributed by atoms with Crippen LogP contribution in [0.25, 0.3) is 11.1 Å². The molecule has 0 bridgehead atoms. The zero-order valence-electron chi connectivity index (χ0n) is 18.3. The van der Waals surface area contributed by atoms with Crippen molar-refractivity contribution in [1.82, 2.24) is 0 Å². The van der Waals surface area contributed by atoms with Crippen LogP contribution in [0.3, 0.4) is 0 Å². The molecule has 4 rings (SSSR count). The molecule has 0 spiro atoms. The van der Waals surface area contributed by atoms with Crippen molar-refractivity contribution in [2.24, 2.45) is 5.41 Å². The largest absolute Gasteiger partial charge is 0.350 e. The van der Waals surface area contributed by atoms with Crippen molar-refractivity contribution >= 4 is 34.5 Å². The van der Waals surface area contributed by atoms with Crippen molar-refractivity contribution in [2.45, 2.75) is 19.8 Å². The summed E-state index contributed by atoms with van der Waals surface area (Å²) in [5, 5.41) is 4.23. The molecule has 0 saturated carbocycles. The molecule has 32 heavy (non-hydrogen) atoms. The zero-order chi connectivity index (χ0) is 22.6. The minimum atomic E-state index is -0.331. The molecule has 0 saturated heterocycles. The van der Waals surface area contributed by atoms with Gasteiger partial charge in [-0.2, -0.15) is 0 Å². The monoisotopic (exact) mass is 455 g/mol. The van der Waals surface area contributed by atoms with Gasteiger partial charge in [-0.1, -0.05) is 123 Å². The van der Waals surface area contributed by atoms with Crippen LogP contribution in [-0.4, -0.2) is 4.99 Å². The Kier molecular flexibility index (Phi) is 6.74. The highest BCUT2D eigenvalue weighted by Crippen LogP contribution is 2.42. The molecule has 1 nitrogen and oxygen atoms in total. The maximum absolute atomic E-state index is 6.17. The van der Waals surface area contributed by atoms with Crippen LogP contribution in [-0.2, 0) is 0 Å². The Morgan fingerprint density at radius 3 is 1.78 bits per heavy atom. The first kappa shape index (κ1) is 22.3. The number of nitrogens with one attached hydrogen (secondary N) is 1. The number of benzene rings is 4. The second-order valence-corrected chi connectivity index (χ2v) is 9.36. The van der Waals surface area contributed by atoms with E-state index in [9.17, 15) is 0 Å². The molecule has 1 unspecified atom stereocenters. The molecule has 0 heterocycles. The lowest BCUT2D eigenvalue weighted by molar-refractivity contribution is 0.460. The van der Waals surface area contributed by atoms with E-state index in [2.05, 4.69) is 104 Å². The van der Waals surface area contributed by atoms with E-state index in [0.29, 0.717) is 0 Å². The third-order valence-corrected chi connectivity index (χ3v) is 6.77. The van der Waals surface area contributed by atoms with Crippen LogP contribution < -0.4 is 5.32 Å². The summed E-state index contributed by atoms with van der Waals surface area (Å²) in [6.07, 6.45) is 0. The molecule has 0 aliphatic heterocycles. The van der Waals surface area contributed by atoms with Crippen LogP contribution in [0, 0.1) is 5.41 Å². The molecular weight excluding hydrogens is 430 g/mol. The van der Waals surface area contributed by atoms with Crippen molar-refractivity contribution in [3.63, 3.8) is 0 Å². The molecule has 0 aliphatic carbocycles. The average molecular weight is 456 g/mol. The predicted molar refractivity (Wildman–Crippen MR) is 142 cm³/mol. The third-order valence-electron chi connectivity index (χ3n) is 5.89. The van der Waals surface area contributed by atoms with Crippen molar-refractivity contribution in [2.75, 3.05) is 5.32 Å². The molecule has 0 amide bonds. The Hall–Kier alpha value is -2.94. The van der Waals surface area contributed by atoms with Crippen molar-refractivity contribution in [3.05, 3.63) is 125 Å². The van der Waals surface area contributed by atoms with Crippen LogP contribution in [0.15, 0.2) is 109 Å². The van der Waals surface area contributed by atoms with Gasteiger partial charge in [0.05, 0.1) is 4.99 Å². The topological polar surface area (TPSA) is 12.0 Å². The first-order valence-electron chi connectivity index (χ1n) is 10.7. The van der Waals surface area contributed by atoms with Crippen LogP contribution >= 0.6 is 23.8 Å². The quantitative estimate of drug-likeness (QED) is 0.292. The number of hydrogen-bond donors (Lipinski definition) is 1. The van der Waals surface area contributed by atoms with E-state index in [1.54, 1.807) is 0 Å². The zero-order valence-corrected chi connectivity index (χ0v) is 19.8. The van der Waals surface area contributed by atoms with Crippen LogP contribution in [0.5, 0.6) is 0 Å². The molecule has 1 N–H and O–H groups in total. The second kappa shape index (κ2) is 9.68. The molecule has 1 atom stereocenters. The number of anilines is 1. The summed E-state index contributed by atoms with van der Waals surface area (Å²) in [4.78, 5) is 0.800. The van der Waals surface area contributed by atoms with Gasteiger partial charge in [-0.25, -0.2) is 0 Å². The molecule has 160 valence electrons. The lowest BCUT2D eigenvalue weighted by Gasteiger charge is -2.36. The maximum Gasteiger partial charge on any atom is 0.0863 e. The van der Waals surface area contributed by atoms with Crippen LogP contribution in [0.4, 0.5) is 5.69 Å². The lowest BCUT2D eigenvalue weighted by Crippen LogP contribution is -2.35. The van der Waals surface area contributed by atoms with E-state index < -0.39 is 0 Å². The van der Waals surface area contributed by atoms with Gasteiger partial charge in [-0.05, 0) is 46.5 Å². The molecular formula is C29H26ClNS. The first-order chi connectivity index (χ1) is 15.4. The summed E-state index contributed by atoms with van der Waals surface area (Å²) in [6.45, 7) is 4.40. The van der Waals surface area contributed by atoms with Gasteiger partial charge in [0, 0.05) is 22.0 Å². The Labute approximate surface area is 201 Å². The highest BCUT2D eigenvalue weighted by Gasteiger charge is 2.36. The van der Waals surface area contributed by atoms with E-state index in [4.69, 9.17) is 23.8 Å². The molecule has 4 aromatic rings. The second-order valence-electron chi connectivity index (χ2n) is 8.51. The van der Waals surface area contributed by atoms with Gasteiger partial charge in [0.2, 0.25) is 0 Å². The van der Waals surface area contributed by atoms with Gasteiger partial charge in [-0.3, -0.25) is 0 Å². The maximum atomic E-state index is 6.17. The molecule has 3 heteroatoms. The minimum absolute atomic E-state index is 0.0876. The van der Waals surface area contributed by atoms with E-state index in [-0.39, 0.29) is 11.3 Å². The van der Waals surface area contributed by atoms with Gasteiger partial charge in [0.15, 0.2) is 0 Å². The third kappa shape index (κ3) is 4.93. The molecule has 0 radical (unpaired) electrons. The van der Waals surface area contributed by atoms with E-state index >= 15 is 0 Å². The van der Waals surface area contributed by atoms with Crippen LogP contribution in [0.1, 0.15) is 30.9 Å². The van der Waals surface area contributed by atoms with Crippen molar-refractivity contribution < 1.29 is 0 Å². The first-order valence-corrected chi connectivity index (χ1v) is 11.5. The van der Waals surface area contributed by atoms with Crippen LogP contribution in [0.2, 0.25) is 5.02 Å². The summed E-state index contributed by atoms with van der Waals surface area (Å²) in [5.41, 5.74) is 5.46. The Balaban J connectivity index is 1.61. The fraction of sp³-hybridized carbons (Fsp3) is 0.138. The van der Waals surface area contributed by atoms with Gasteiger partial charge < -0.3 is 5.32 Å². The highest BCUT2D eigenvalue weighted by atomic mass is 35.5. The Morgan fingerprint density at radius 1 is 0.688 bits per heavy atom. The summed E-state index contributed by atoms with van der Waals surface area (Å²) < 4.78 is 0. The molecule has 0 aliphatic rings. The highest BCUT2D eigenvalue weighted by molar-refractivity contribution is 7.80. The number of halogens is 1. The normalized spacial score (nSPS) is 12.2. The van der Waals surface area contributed by atoms with E-state index in [0.717, 1.165) is 15.7 Å². The minimum Gasteiger partial charge on any atom is -0.350 e. The molecule has 0 fully saturated rings. The van der Waals surface area contributed by atoms with Gasteiger partial charge in [0.1, 0.15) is 0 Å². The number of thiocarbonyl (C=S) groups is 1. The van der Waals surface area contributed by atoms with Crippen molar-refractivity contribution in [3.8, 4) is 11.1 Å². The SMILES string of the molecule is CC(C)(C(=S)Nc1ccc(-c2ccccc2)cc1)C(c1ccccc1)c1ccc(Cl)cc1. The Bertz CT molecular complexity index is 1170. The summed E-state index contributed by atoms with van der Waals surface area (Å²) in [6, 6.07) is 37.4. The number of hydrogen-bond acceptors (Lipinski definition) is 1. The fourth-order valence-electron chi connectivity index (χ4n) is 4.13. The Morgan fingerprint density at radius 2 is 1.19 bits per heavy atom. The van der Waals surface area contributed by atoms with E-state index in [1.807, 2.05) is 24.3 Å². The lowest BCUT2D eigenvalue weighted by atomic mass is 9.71. The standard InChI is InChI=1S/C29H26ClNS/c1-29(2,27(23-11-7-4-8-12-23)24-13-17-25(30)18-14-24)28(32)31-26-19-15-22(16-20-26)21-9-5-3-6-10-21/h3-20,27H,1-2H3,(H,31,32). The summed E-state index contributed by atoms with van der Waals surface area (Å²) in [5.74, 6) is 0.0876. The molecule has 4 aromatic carbocycles. The van der Waals surface area contributed by atoms with Gasteiger partial charge in [0.25, 0.3) is 0 Å². The number of rotatable bonds is 6. The predicted octanol–water partition coefficient (Wildman–Crippen LogP) is 8.60. The fourth-order valence-corrected chi connectivity index (χ4v) is 4.49. The molecule has 0 aromatic heterocycles. The van der Waals surface area contributed by atoms with E-state index in [1.165, 1.54) is 22.3 Å². The summed E-state index contributed by atoms with van der Waals surface area (Å²) in [7, 11) is 0. The average Bonchev–Trinajstić information content (AvgIpc) is 2.82. The van der Waals surface area contributed by atoms with Gasteiger partial charge >= 0.3 is 0 Å². The van der Waals surface area contributed by atoms with Gasteiger partial charge in [-0.15, -0.1) is 0 Å². The summed E-state index contributed by atoms with van der Waals surface area (Å²) >= 11 is 12.1. The smallest absolute Gasteiger partial charge is 0.0863 e.